The summed E-state index contributed by atoms with van der Waals surface area (Å²) in [6, 6.07) is 10.6. The SMILES string of the molecule is CC(C)[C@H](C(=O)C(F)(F)C(=O)NCC(F)(F)F)C(N)[C@H](Cc1ccccc1)NC(=O)/C=C/c1ccc(Cl)c(Cl)c1. The zero-order valence-electron chi connectivity index (χ0n) is 21.4. The summed E-state index contributed by atoms with van der Waals surface area (Å²) in [5.41, 5.74) is 7.50. The van der Waals surface area contributed by atoms with Gasteiger partial charge in [0.05, 0.1) is 10.0 Å². The Bertz CT molecular complexity index is 1220. The minimum atomic E-state index is -4.96. The van der Waals surface area contributed by atoms with Crippen molar-refractivity contribution in [3.8, 4) is 0 Å². The third kappa shape index (κ3) is 9.57. The predicted molar refractivity (Wildman–Crippen MR) is 143 cm³/mol. The van der Waals surface area contributed by atoms with E-state index in [-0.39, 0.29) is 11.4 Å². The zero-order valence-corrected chi connectivity index (χ0v) is 23.0. The Balaban J connectivity index is 2.33. The van der Waals surface area contributed by atoms with E-state index in [2.05, 4.69) is 5.32 Å². The van der Waals surface area contributed by atoms with Crippen LogP contribution in [-0.4, -0.2) is 48.3 Å². The number of amides is 2. The number of carbonyl (C=O) groups is 3. The largest absolute Gasteiger partial charge is 0.405 e. The highest BCUT2D eigenvalue weighted by molar-refractivity contribution is 6.42. The van der Waals surface area contributed by atoms with Gasteiger partial charge in [-0.05, 0) is 41.7 Å². The molecule has 6 nitrogen and oxygen atoms in total. The van der Waals surface area contributed by atoms with Gasteiger partial charge in [0.25, 0.3) is 5.91 Å². The van der Waals surface area contributed by atoms with E-state index >= 15 is 0 Å². The second-order valence-corrected chi connectivity index (χ2v) is 10.2. The van der Waals surface area contributed by atoms with Gasteiger partial charge in [0, 0.05) is 24.1 Å². The number of hydrogen-bond donors (Lipinski definition) is 3. The van der Waals surface area contributed by atoms with Gasteiger partial charge in [-0.3, -0.25) is 14.4 Å². The van der Waals surface area contributed by atoms with Gasteiger partial charge >= 0.3 is 12.1 Å². The first-order valence-corrected chi connectivity index (χ1v) is 12.8. The molecule has 1 unspecified atom stereocenters. The first kappa shape index (κ1) is 33.2. The van der Waals surface area contributed by atoms with Crippen LogP contribution in [0.15, 0.2) is 54.6 Å². The minimum Gasteiger partial charge on any atom is -0.348 e. The third-order valence-corrected chi connectivity index (χ3v) is 6.68. The van der Waals surface area contributed by atoms with Crippen molar-refractivity contribution in [2.45, 2.75) is 44.5 Å². The van der Waals surface area contributed by atoms with E-state index in [1.807, 2.05) is 0 Å². The molecular formula is C27H28Cl2F5N3O3. The molecule has 2 amide bonds. The molecule has 2 rings (SSSR count). The molecule has 13 heteroatoms. The van der Waals surface area contributed by atoms with Crippen LogP contribution >= 0.6 is 23.2 Å². The molecule has 4 N–H and O–H groups in total. The normalized spacial score (nSPS) is 14.6. The lowest BCUT2D eigenvalue weighted by Crippen LogP contribution is -2.59. The Morgan fingerprint density at radius 3 is 2.15 bits per heavy atom. The van der Waals surface area contributed by atoms with Crippen LogP contribution in [0.3, 0.4) is 0 Å². The summed E-state index contributed by atoms with van der Waals surface area (Å²) < 4.78 is 66.9. The van der Waals surface area contributed by atoms with Crippen molar-refractivity contribution in [2.75, 3.05) is 6.54 Å². The third-order valence-electron chi connectivity index (χ3n) is 5.94. The summed E-state index contributed by atoms with van der Waals surface area (Å²) in [5, 5.41) is 4.23. The highest BCUT2D eigenvalue weighted by Gasteiger charge is 2.53. The van der Waals surface area contributed by atoms with Gasteiger partial charge in [-0.25, -0.2) is 0 Å². The Labute approximate surface area is 238 Å². The van der Waals surface area contributed by atoms with Gasteiger partial charge in [0.1, 0.15) is 6.54 Å². The summed E-state index contributed by atoms with van der Waals surface area (Å²) in [5.74, 6) is -12.4. The Morgan fingerprint density at radius 2 is 1.60 bits per heavy atom. The van der Waals surface area contributed by atoms with Crippen LogP contribution in [0.5, 0.6) is 0 Å². The summed E-state index contributed by atoms with van der Waals surface area (Å²) in [6.45, 7) is 0.764. The summed E-state index contributed by atoms with van der Waals surface area (Å²) in [7, 11) is 0. The molecule has 2 aromatic carbocycles. The number of hydrogen-bond acceptors (Lipinski definition) is 4. The van der Waals surface area contributed by atoms with Gasteiger partial charge < -0.3 is 16.4 Å². The lowest BCUT2D eigenvalue weighted by molar-refractivity contribution is -0.167. The molecule has 0 aliphatic carbocycles. The number of halogens is 7. The van der Waals surface area contributed by atoms with E-state index in [0.717, 1.165) is 11.4 Å². The van der Waals surface area contributed by atoms with Crippen LogP contribution in [0.2, 0.25) is 10.0 Å². The molecule has 0 saturated heterocycles. The van der Waals surface area contributed by atoms with Crippen LogP contribution in [0.4, 0.5) is 22.0 Å². The van der Waals surface area contributed by atoms with E-state index < -0.39 is 60.2 Å². The van der Waals surface area contributed by atoms with Crippen LogP contribution < -0.4 is 16.4 Å². The zero-order chi connectivity index (χ0) is 30.3. The van der Waals surface area contributed by atoms with Crippen molar-refractivity contribution >= 4 is 46.9 Å². The monoisotopic (exact) mass is 607 g/mol. The van der Waals surface area contributed by atoms with Crippen molar-refractivity contribution in [2.24, 2.45) is 17.6 Å². The Kier molecular flexibility index (Phi) is 11.7. The molecule has 0 aliphatic rings. The molecule has 0 fully saturated rings. The highest BCUT2D eigenvalue weighted by Crippen LogP contribution is 2.29. The summed E-state index contributed by atoms with van der Waals surface area (Å²) in [4.78, 5) is 37.6. The van der Waals surface area contributed by atoms with Gasteiger partial charge in [0.15, 0.2) is 0 Å². The van der Waals surface area contributed by atoms with Crippen molar-refractivity contribution in [3.05, 3.63) is 75.8 Å². The molecule has 0 aromatic heterocycles. The maximum Gasteiger partial charge on any atom is 0.405 e. The lowest BCUT2D eigenvalue weighted by Gasteiger charge is -2.34. The van der Waals surface area contributed by atoms with Crippen LogP contribution in [-0.2, 0) is 20.8 Å². The smallest absolute Gasteiger partial charge is 0.348 e. The molecule has 3 atom stereocenters. The number of nitrogens with one attached hydrogen (secondary N) is 2. The molecule has 0 bridgehead atoms. The molecule has 0 aliphatic heterocycles. The second-order valence-electron chi connectivity index (χ2n) is 9.40. The standard InChI is InChI=1S/C27H28Cl2F5N3O3/c1-15(2)22(24(39)27(33,34)25(40)36-14-26(30,31)32)23(35)20(13-16-6-4-3-5-7-16)37-21(38)11-9-17-8-10-18(28)19(29)12-17/h3-12,15,20,22-23H,13-14,35H2,1-2H3,(H,36,40)(H,37,38)/b11-9+/t20-,22-,23?/m0/s1. The van der Waals surface area contributed by atoms with Gasteiger partial charge in [-0.15, -0.1) is 0 Å². The fraction of sp³-hybridized carbons (Fsp3) is 0.370. The van der Waals surface area contributed by atoms with Gasteiger partial charge in [-0.2, -0.15) is 22.0 Å². The number of carbonyl (C=O) groups excluding carboxylic acids is 3. The summed E-state index contributed by atoms with van der Waals surface area (Å²) in [6.07, 6.45) is -2.36. The van der Waals surface area contributed by atoms with E-state index in [4.69, 9.17) is 28.9 Å². The quantitative estimate of drug-likeness (QED) is 0.175. The summed E-state index contributed by atoms with van der Waals surface area (Å²) >= 11 is 11.9. The molecule has 218 valence electrons. The topological polar surface area (TPSA) is 101 Å². The highest BCUT2D eigenvalue weighted by atomic mass is 35.5. The number of rotatable bonds is 12. The average Bonchev–Trinajstić information content (AvgIpc) is 2.87. The van der Waals surface area contributed by atoms with Crippen LogP contribution in [0.1, 0.15) is 25.0 Å². The van der Waals surface area contributed by atoms with Crippen molar-refractivity contribution in [3.63, 3.8) is 0 Å². The number of ketones is 1. The van der Waals surface area contributed by atoms with E-state index in [1.54, 1.807) is 36.4 Å². The van der Waals surface area contributed by atoms with Crippen LogP contribution in [0.25, 0.3) is 6.08 Å². The molecule has 0 spiro atoms. The number of Topliss-reactive ketones (excluding diaryl/α,β-unsaturated/α-hetero) is 1. The van der Waals surface area contributed by atoms with Crippen molar-refractivity contribution in [1.82, 2.24) is 10.6 Å². The first-order chi connectivity index (χ1) is 18.5. The number of nitrogens with two attached hydrogens (primary N) is 1. The van der Waals surface area contributed by atoms with Gasteiger partial charge in [-0.1, -0.05) is 73.4 Å². The number of alkyl halides is 5. The van der Waals surface area contributed by atoms with E-state index in [9.17, 15) is 36.3 Å². The molecule has 40 heavy (non-hydrogen) atoms. The molecule has 0 heterocycles. The maximum atomic E-state index is 14.8. The Hall–Kier alpha value is -3.02. The first-order valence-electron chi connectivity index (χ1n) is 12.0. The van der Waals surface area contributed by atoms with E-state index in [1.165, 1.54) is 32.1 Å². The molecule has 2 aromatic rings. The predicted octanol–water partition coefficient (Wildman–Crippen LogP) is 5.22. The van der Waals surface area contributed by atoms with E-state index in [0.29, 0.717) is 16.1 Å². The average molecular weight is 608 g/mol. The van der Waals surface area contributed by atoms with Crippen molar-refractivity contribution in [1.29, 1.82) is 0 Å². The molecule has 0 saturated carbocycles. The number of benzene rings is 2. The maximum absolute atomic E-state index is 14.8. The second kappa shape index (κ2) is 14.0. The lowest BCUT2D eigenvalue weighted by atomic mass is 9.78. The fourth-order valence-corrected chi connectivity index (χ4v) is 4.26. The Morgan fingerprint density at radius 1 is 0.975 bits per heavy atom. The van der Waals surface area contributed by atoms with Crippen LogP contribution in [0, 0.1) is 11.8 Å². The molecular weight excluding hydrogens is 580 g/mol. The van der Waals surface area contributed by atoms with Crippen molar-refractivity contribution < 1.29 is 36.3 Å². The molecule has 0 radical (unpaired) electrons. The fourth-order valence-electron chi connectivity index (χ4n) is 3.96. The van der Waals surface area contributed by atoms with Gasteiger partial charge in [0.2, 0.25) is 11.7 Å². The minimum absolute atomic E-state index is 0.0245.